The maximum Gasteiger partial charge on any atom is 0.0642 e. The van der Waals surface area contributed by atoms with Crippen LogP contribution in [0.25, 0.3) is 0 Å². The first-order valence-electron chi connectivity index (χ1n) is 7.86. The third kappa shape index (κ3) is 6.25. The first-order chi connectivity index (χ1) is 9.95. The minimum absolute atomic E-state index is 0.473. The molecule has 0 radical (unpaired) electrons. The Bertz CT molecular complexity index is 418. The molecule has 3 nitrogen and oxygen atoms in total. The molecule has 0 aliphatic heterocycles. The summed E-state index contributed by atoms with van der Waals surface area (Å²) < 4.78 is 0. The molecule has 21 heavy (non-hydrogen) atoms. The summed E-state index contributed by atoms with van der Waals surface area (Å²) in [7, 11) is 4.23. The van der Waals surface area contributed by atoms with Crippen molar-refractivity contribution in [2.24, 2.45) is 0 Å². The van der Waals surface area contributed by atoms with Gasteiger partial charge in [0.15, 0.2) is 0 Å². The molecular formula is C17H30ClN3. The second kappa shape index (κ2) is 9.29. The summed E-state index contributed by atoms with van der Waals surface area (Å²) in [6.45, 7) is 10.5. The van der Waals surface area contributed by atoms with Crippen molar-refractivity contribution < 1.29 is 0 Å². The number of hydrogen-bond donors (Lipinski definition) is 1. The number of nitrogens with zero attached hydrogens (tertiary/aromatic N) is 2. The lowest BCUT2D eigenvalue weighted by Gasteiger charge is -2.28. The topological polar surface area (TPSA) is 18.5 Å². The summed E-state index contributed by atoms with van der Waals surface area (Å²) in [5.41, 5.74) is 2.47. The van der Waals surface area contributed by atoms with Gasteiger partial charge in [0.25, 0.3) is 0 Å². The van der Waals surface area contributed by atoms with E-state index in [4.69, 9.17) is 11.6 Å². The minimum Gasteiger partial charge on any atom is -0.370 e. The van der Waals surface area contributed by atoms with E-state index in [2.05, 4.69) is 56.0 Å². The van der Waals surface area contributed by atoms with Crippen LogP contribution in [0.15, 0.2) is 18.2 Å². The highest BCUT2D eigenvalue weighted by Crippen LogP contribution is 2.30. The SMILES string of the molecule is CCN(CCCN(C)C)c1c(Cl)cccc1CNC(C)C. The molecule has 1 rings (SSSR count). The van der Waals surface area contributed by atoms with E-state index in [9.17, 15) is 0 Å². The van der Waals surface area contributed by atoms with E-state index < -0.39 is 0 Å². The Morgan fingerprint density at radius 3 is 2.48 bits per heavy atom. The van der Waals surface area contributed by atoms with E-state index in [-0.39, 0.29) is 0 Å². The highest BCUT2D eigenvalue weighted by Gasteiger charge is 2.13. The van der Waals surface area contributed by atoms with E-state index in [1.165, 1.54) is 11.3 Å². The van der Waals surface area contributed by atoms with E-state index in [0.717, 1.165) is 37.6 Å². The number of rotatable bonds is 9. The number of para-hydroxylation sites is 1. The molecule has 1 aromatic carbocycles. The summed E-state index contributed by atoms with van der Waals surface area (Å²) in [6.07, 6.45) is 1.14. The molecule has 0 aliphatic rings. The summed E-state index contributed by atoms with van der Waals surface area (Å²) >= 11 is 6.48. The van der Waals surface area contributed by atoms with Gasteiger partial charge in [0.2, 0.25) is 0 Å². The van der Waals surface area contributed by atoms with Gasteiger partial charge >= 0.3 is 0 Å². The summed E-state index contributed by atoms with van der Waals surface area (Å²) in [4.78, 5) is 4.62. The van der Waals surface area contributed by atoms with Gasteiger partial charge in [-0.15, -0.1) is 0 Å². The maximum absolute atomic E-state index is 6.48. The summed E-state index contributed by atoms with van der Waals surface area (Å²) in [6, 6.07) is 6.67. The predicted octanol–water partition coefficient (Wildman–Crippen LogP) is 3.62. The fourth-order valence-electron chi connectivity index (χ4n) is 2.38. The number of halogens is 1. The quantitative estimate of drug-likeness (QED) is 0.751. The normalized spacial score (nSPS) is 11.4. The zero-order chi connectivity index (χ0) is 15.8. The zero-order valence-corrected chi connectivity index (χ0v) is 14.9. The molecule has 1 N–H and O–H groups in total. The Hall–Kier alpha value is -0.770. The third-order valence-electron chi connectivity index (χ3n) is 3.50. The Morgan fingerprint density at radius 2 is 1.90 bits per heavy atom. The van der Waals surface area contributed by atoms with E-state index >= 15 is 0 Å². The number of anilines is 1. The van der Waals surface area contributed by atoms with Gasteiger partial charge in [-0.05, 0) is 45.6 Å². The van der Waals surface area contributed by atoms with Crippen LogP contribution < -0.4 is 10.2 Å². The summed E-state index contributed by atoms with van der Waals surface area (Å²) in [5, 5.41) is 4.34. The van der Waals surface area contributed by atoms with Crippen LogP contribution >= 0.6 is 11.6 Å². The molecule has 0 aromatic heterocycles. The lowest BCUT2D eigenvalue weighted by Crippen LogP contribution is -2.29. The maximum atomic E-state index is 6.48. The molecule has 0 bridgehead atoms. The van der Waals surface area contributed by atoms with Crippen molar-refractivity contribution in [2.45, 2.75) is 39.8 Å². The van der Waals surface area contributed by atoms with Gasteiger partial charge in [-0.25, -0.2) is 0 Å². The van der Waals surface area contributed by atoms with E-state index in [0.29, 0.717) is 6.04 Å². The molecule has 0 amide bonds. The average Bonchev–Trinajstić information content (AvgIpc) is 2.42. The molecule has 0 spiro atoms. The third-order valence-corrected chi connectivity index (χ3v) is 3.81. The van der Waals surface area contributed by atoms with Crippen LogP contribution in [-0.4, -0.2) is 44.7 Å². The van der Waals surface area contributed by atoms with Crippen LogP contribution in [0.3, 0.4) is 0 Å². The van der Waals surface area contributed by atoms with Crippen molar-refractivity contribution in [3.63, 3.8) is 0 Å². The molecule has 0 atom stereocenters. The fraction of sp³-hybridized carbons (Fsp3) is 0.647. The average molecular weight is 312 g/mol. The molecular weight excluding hydrogens is 282 g/mol. The van der Waals surface area contributed by atoms with Gasteiger partial charge in [-0.2, -0.15) is 0 Å². The lowest BCUT2D eigenvalue weighted by molar-refractivity contribution is 0.400. The highest BCUT2D eigenvalue weighted by molar-refractivity contribution is 6.33. The van der Waals surface area contributed by atoms with E-state index in [1.807, 2.05) is 12.1 Å². The van der Waals surface area contributed by atoms with Crippen LogP contribution in [-0.2, 0) is 6.54 Å². The molecule has 0 saturated heterocycles. The smallest absolute Gasteiger partial charge is 0.0642 e. The zero-order valence-electron chi connectivity index (χ0n) is 14.1. The Balaban J connectivity index is 2.85. The molecule has 0 unspecified atom stereocenters. The highest BCUT2D eigenvalue weighted by atomic mass is 35.5. The molecule has 0 aliphatic carbocycles. The standard InChI is InChI=1S/C17H30ClN3/c1-6-21(12-8-11-20(4)5)17-15(13-19-14(2)3)9-7-10-16(17)18/h7,9-10,14,19H,6,8,11-13H2,1-5H3. The van der Waals surface area contributed by atoms with Gasteiger partial charge in [0.05, 0.1) is 10.7 Å². The summed E-state index contributed by atoms with van der Waals surface area (Å²) in [5.74, 6) is 0. The predicted molar refractivity (Wildman–Crippen MR) is 94.5 cm³/mol. The number of benzene rings is 1. The van der Waals surface area contributed by atoms with Gasteiger partial charge < -0.3 is 15.1 Å². The first kappa shape index (κ1) is 18.3. The molecule has 120 valence electrons. The largest absolute Gasteiger partial charge is 0.370 e. The monoisotopic (exact) mass is 311 g/mol. The molecule has 0 heterocycles. The van der Waals surface area contributed by atoms with Crippen molar-refractivity contribution >= 4 is 17.3 Å². The second-order valence-corrected chi connectivity index (χ2v) is 6.43. The van der Waals surface area contributed by atoms with Crippen LogP contribution in [0.2, 0.25) is 5.02 Å². The first-order valence-corrected chi connectivity index (χ1v) is 8.24. The van der Waals surface area contributed by atoms with E-state index in [1.54, 1.807) is 0 Å². The van der Waals surface area contributed by atoms with Crippen molar-refractivity contribution in [1.29, 1.82) is 0 Å². The van der Waals surface area contributed by atoms with Crippen molar-refractivity contribution in [2.75, 3.05) is 38.6 Å². The van der Waals surface area contributed by atoms with Crippen molar-refractivity contribution in [1.82, 2.24) is 10.2 Å². The fourth-order valence-corrected chi connectivity index (χ4v) is 2.69. The lowest BCUT2D eigenvalue weighted by atomic mass is 10.1. The van der Waals surface area contributed by atoms with Crippen LogP contribution in [0.1, 0.15) is 32.8 Å². The minimum atomic E-state index is 0.473. The molecule has 0 saturated carbocycles. The van der Waals surface area contributed by atoms with Crippen LogP contribution in [0.5, 0.6) is 0 Å². The van der Waals surface area contributed by atoms with Gasteiger partial charge in [0, 0.05) is 25.7 Å². The van der Waals surface area contributed by atoms with Gasteiger partial charge in [0.1, 0.15) is 0 Å². The molecule has 0 fully saturated rings. The van der Waals surface area contributed by atoms with Crippen molar-refractivity contribution in [3.8, 4) is 0 Å². The Labute approximate surface area is 135 Å². The Kier molecular flexibility index (Phi) is 8.09. The van der Waals surface area contributed by atoms with Crippen LogP contribution in [0.4, 0.5) is 5.69 Å². The second-order valence-electron chi connectivity index (χ2n) is 6.02. The Morgan fingerprint density at radius 1 is 1.19 bits per heavy atom. The molecule has 1 aromatic rings. The van der Waals surface area contributed by atoms with Crippen LogP contribution in [0, 0.1) is 0 Å². The number of hydrogen-bond acceptors (Lipinski definition) is 3. The number of nitrogens with one attached hydrogen (secondary N) is 1. The van der Waals surface area contributed by atoms with Crippen molar-refractivity contribution in [3.05, 3.63) is 28.8 Å². The van der Waals surface area contributed by atoms with Gasteiger partial charge in [-0.3, -0.25) is 0 Å². The van der Waals surface area contributed by atoms with Gasteiger partial charge in [-0.1, -0.05) is 37.6 Å². The molecule has 4 heteroatoms.